The number of nitrogens with two attached hydrogens (primary N) is 1. The van der Waals surface area contributed by atoms with Crippen LogP contribution >= 0.6 is 0 Å². The van der Waals surface area contributed by atoms with Gasteiger partial charge in [-0.2, -0.15) is 4.39 Å². The molecule has 3 N–H and O–H groups in total. The van der Waals surface area contributed by atoms with Crippen molar-refractivity contribution in [1.82, 2.24) is 15.2 Å². The molecule has 1 aromatic heterocycles. The van der Waals surface area contributed by atoms with Crippen LogP contribution in [-0.4, -0.2) is 53.6 Å². The van der Waals surface area contributed by atoms with Crippen molar-refractivity contribution in [2.75, 3.05) is 38.6 Å². The number of pyridine rings is 1. The molecule has 0 unspecified atom stereocenters. The maximum absolute atomic E-state index is 15.5. The lowest BCUT2D eigenvalue weighted by Gasteiger charge is -2.26. The lowest BCUT2D eigenvalue weighted by atomic mass is 9.93. The van der Waals surface area contributed by atoms with Crippen LogP contribution in [0.4, 0.5) is 15.9 Å². The number of benzene rings is 2. The van der Waals surface area contributed by atoms with Gasteiger partial charge in [0.05, 0.1) is 18.1 Å². The molecule has 10 heteroatoms. The van der Waals surface area contributed by atoms with Gasteiger partial charge in [0, 0.05) is 60.2 Å². The van der Waals surface area contributed by atoms with Gasteiger partial charge >= 0.3 is 5.69 Å². The first-order valence-electron chi connectivity index (χ1n) is 11.4. The summed E-state index contributed by atoms with van der Waals surface area (Å²) < 4.78 is 20.9. The highest BCUT2D eigenvalue weighted by molar-refractivity contribution is 5.97. The number of ether oxygens (including phenoxy) is 1. The number of amides is 1. The van der Waals surface area contributed by atoms with Crippen LogP contribution in [0.3, 0.4) is 0 Å². The van der Waals surface area contributed by atoms with Crippen molar-refractivity contribution in [3.8, 4) is 22.3 Å². The van der Waals surface area contributed by atoms with E-state index >= 15 is 4.39 Å². The van der Waals surface area contributed by atoms with E-state index in [1.807, 2.05) is 11.0 Å². The molecule has 0 bridgehead atoms. The number of nitrogens with one attached hydrogen (secondary N) is 1. The molecular weight excluding hydrogens is 453 g/mol. The van der Waals surface area contributed by atoms with Crippen molar-refractivity contribution in [3.63, 3.8) is 0 Å². The van der Waals surface area contributed by atoms with Crippen LogP contribution in [0, 0.1) is 15.9 Å². The van der Waals surface area contributed by atoms with Crippen molar-refractivity contribution < 1.29 is 18.8 Å². The zero-order valence-electron chi connectivity index (χ0n) is 18.9. The molecular formula is C25H24FN5O4. The van der Waals surface area contributed by atoms with Gasteiger partial charge in [-0.25, -0.2) is 4.98 Å². The number of carbonyl (C=O) groups excluding carboxylic acids is 1. The maximum atomic E-state index is 15.5. The monoisotopic (exact) mass is 477 g/mol. The number of nitro groups is 1. The van der Waals surface area contributed by atoms with E-state index in [0.717, 1.165) is 11.1 Å². The largest absolute Gasteiger partial charge is 0.383 e. The number of anilines is 1. The Morgan fingerprint density at radius 2 is 1.89 bits per heavy atom. The van der Waals surface area contributed by atoms with E-state index in [0.29, 0.717) is 61.5 Å². The molecule has 2 aromatic carbocycles. The molecule has 3 heterocycles. The number of nitrogens with zero attached hydrogens (tertiary/aromatic N) is 3. The van der Waals surface area contributed by atoms with Gasteiger partial charge in [-0.1, -0.05) is 24.3 Å². The van der Waals surface area contributed by atoms with E-state index in [2.05, 4.69) is 10.3 Å². The van der Waals surface area contributed by atoms with Crippen molar-refractivity contribution >= 4 is 17.4 Å². The number of carbonyl (C=O) groups is 1. The molecule has 1 saturated heterocycles. The highest BCUT2D eigenvalue weighted by atomic mass is 19.1. The molecule has 2 aliphatic heterocycles. The van der Waals surface area contributed by atoms with Crippen LogP contribution in [0.1, 0.15) is 21.5 Å². The number of rotatable bonds is 5. The summed E-state index contributed by atoms with van der Waals surface area (Å²) in [5.74, 6) is -0.780. The normalized spacial score (nSPS) is 16.0. The van der Waals surface area contributed by atoms with Crippen LogP contribution in [-0.2, 0) is 17.7 Å². The molecule has 0 spiro atoms. The lowest BCUT2D eigenvalue weighted by Crippen LogP contribution is -2.35. The fourth-order valence-electron chi connectivity index (χ4n) is 4.60. The van der Waals surface area contributed by atoms with Crippen LogP contribution in [0.5, 0.6) is 0 Å². The van der Waals surface area contributed by atoms with Gasteiger partial charge < -0.3 is 15.8 Å². The molecule has 5 rings (SSSR count). The van der Waals surface area contributed by atoms with Gasteiger partial charge in [0.15, 0.2) is 0 Å². The first-order chi connectivity index (χ1) is 16.9. The van der Waals surface area contributed by atoms with E-state index in [4.69, 9.17) is 10.5 Å². The van der Waals surface area contributed by atoms with Gasteiger partial charge in [0.25, 0.3) is 5.91 Å². The quantitative estimate of drug-likeness (QED) is 0.427. The van der Waals surface area contributed by atoms with Crippen LogP contribution in [0.25, 0.3) is 22.3 Å². The summed E-state index contributed by atoms with van der Waals surface area (Å²) in [4.78, 5) is 29.5. The average molecular weight is 477 g/mol. The highest BCUT2D eigenvalue weighted by Gasteiger charge is 2.26. The first kappa shape index (κ1) is 22.9. The molecule has 0 saturated carbocycles. The van der Waals surface area contributed by atoms with Crippen molar-refractivity contribution in [3.05, 3.63) is 75.2 Å². The second kappa shape index (κ2) is 9.40. The standard InChI is InChI=1S/C25H24FN5O4/c26-22-19(3-2-17(23(22)31(33)34)14-30-7-9-35-10-8-30)18-12-21(24(27)29-13-18)15-1-4-20-16(11-15)5-6-28-25(20)32/h1-4,11-13H,5-10,14H2,(H2,27,29)(H,28,32). The Morgan fingerprint density at radius 3 is 2.66 bits per heavy atom. The third-order valence-corrected chi connectivity index (χ3v) is 6.45. The second-order valence-corrected chi connectivity index (χ2v) is 8.62. The smallest absolute Gasteiger partial charge is 0.309 e. The van der Waals surface area contributed by atoms with Crippen LogP contribution < -0.4 is 11.1 Å². The predicted octanol–water partition coefficient (Wildman–Crippen LogP) is 3.16. The fraction of sp³-hybridized carbons (Fsp3) is 0.280. The minimum atomic E-state index is -0.902. The summed E-state index contributed by atoms with van der Waals surface area (Å²) in [7, 11) is 0. The number of hydrogen-bond acceptors (Lipinski definition) is 7. The summed E-state index contributed by atoms with van der Waals surface area (Å²) in [6.45, 7) is 3.17. The van der Waals surface area contributed by atoms with E-state index < -0.39 is 16.4 Å². The molecule has 180 valence electrons. The Morgan fingerprint density at radius 1 is 1.11 bits per heavy atom. The minimum absolute atomic E-state index is 0.0773. The molecule has 3 aromatic rings. The van der Waals surface area contributed by atoms with Crippen LogP contribution in [0.15, 0.2) is 42.6 Å². The van der Waals surface area contributed by atoms with Gasteiger partial charge in [0.1, 0.15) is 5.82 Å². The van der Waals surface area contributed by atoms with E-state index in [1.165, 1.54) is 6.20 Å². The molecule has 0 radical (unpaired) electrons. The van der Waals surface area contributed by atoms with Crippen molar-refractivity contribution in [1.29, 1.82) is 0 Å². The SMILES string of the molecule is Nc1ncc(-c2ccc(CN3CCOCC3)c([N+](=O)[O-])c2F)cc1-c1ccc2c(c1)CCNC2=O. The highest BCUT2D eigenvalue weighted by Crippen LogP contribution is 2.36. The number of aromatic nitrogens is 1. The Balaban J connectivity index is 1.53. The van der Waals surface area contributed by atoms with E-state index in [1.54, 1.807) is 30.3 Å². The third-order valence-electron chi connectivity index (χ3n) is 6.45. The molecule has 9 nitrogen and oxygen atoms in total. The number of hydrogen-bond donors (Lipinski definition) is 2. The number of nitrogen functional groups attached to an aromatic ring is 1. The third kappa shape index (κ3) is 4.45. The van der Waals surface area contributed by atoms with Crippen molar-refractivity contribution in [2.24, 2.45) is 0 Å². The van der Waals surface area contributed by atoms with E-state index in [9.17, 15) is 14.9 Å². The average Bonchev–Trinajstić information content (AvgIpc) is 2.85. The summed E-state index contributed by atoms with van der Waals surface area (Å²) >= 11 is 0. The number of halogens is 1. The summed E-state index contributed by atoms with van der Waals surface area (Å²) in [5, 5.41) is 14.6. The predicted molar refractivity (Wildman–Crippen MR) is 128 cm³/mol. The maximum Gasteiger partial charge on any atom is 0.309 e. The lowest BCUT2D eigenvalue weighted by molar-refractivity contribution is -0.388. The van der Waals surface area contributed by atoms with Gasteiger partial charge in [0.2, 0.25) is 5.82 Å². The number of nitro benzene ring substituents is 1. The molecule has 1 amide bonds. The first-order valence-corrected chi connectivity index (χ1v) is 11.4. The zero-order valence-corrected chi connectivity index (χ0v) is 18.9. The number of morpholine rings is 1. The van der Waals surface area contributed by atoms with Gasteiger partial charge in [-0.05, 0) is 29.7 Å². The second-order valence-electron chi connectivity index (χ2n) is 8.62. The van der Waals surface area contributed by atoms with Crippen LogP contribution in [0.2, 0.25) is 0 Å². The summed E-state index contributed by atoms with van der Waals surface area (Å²) in [6.07, 6.45) is 2.10. The Bertz CT molecular complexity index is 1320. The number of fused-ring (bicyclic) bond motifs is 1. The Kier molecular flexibility index (Phi) is 6.14. The summed E-state index contributed by atoms with van der Waals surface area (Å²) in [6, 6.07) is 10.2. The Hall–Kier alpha value is -3.89. The summed E-state index contributed by atoms with van der Waals surface area (Å²) in [5.41, 5.74) is 9.18. The molecule has 35 heavy (non-hydrogen) atoms. The zero-order chi connectivity index (χ0) is 24.5. The molecule has 0 atom stereocenters. The topological polar surface area (TPSA) is 124 Å². The minimum Gasteiger partial charge on any atom is -0.383 e. The molecule has 1 fully saturated rings. The Labute approximate surface area is 200 Å². The van der Waals surface area contributed by atoms with E-state index in [-0.39, 0.29) is 23.8 Å². The van der Waals surface area contributed by atoms with Gasteiger partial charge in [-0.3, -0.25) is 19.8 Å². The fourth-order valence-corrected chi connectivity index (χ4v) is 4.60. The molecule has 2 aliphatic rings. The molecule has 0 aliphatic carbocycles. The van der Waals surface area contributed by atoms with Crippen molar-refractivity contribution in [2.45, 2.75) is 13.0 Å². The van der Waals surface area contributed by atoms with Gasteiger partial charge in [-0.15, -0.1) is 0 Å².